The highest BCUT2D eigenvalue weighted by Crippen LogP contribution is 2.12. The zero-order valence-corrected chi connectivity index (χ0v) is 13.6. The molecular formula is C21H30. The van der Waals surface area contributed by atoms with Gasteiger partial charge in [-0.05, 0) is 24.0 Å². The highest BCUT2D eigenvalue weighted by atomic mass is 14.0. The zero-order valence-electron chi connectivity index (χ0n) is 13.6. The quantitative estimate of drug-likeness (QED) is 0.325. The molecule has 0 amide bonds. The fraction of sp³-hybridized carbons (Fsp3) is 0.524. The second-order valence-electron chi connectivity index (χ2n) is 5.78. The van der Waals surface area contributed by atoms with Crippen LogP contribution in [0.25, 0.3) is 6.08 Å². The summed E-state index contributed by atoms with van der Waals surface area (Å²) in [4.78, 5) is 0. The smallest absolute Gasteiger partial charge is 0.0270 e. The van der Waals surface area contributed by atoms with E-state index in [0.29, 0.717) is 6.42 Å². The molecule has 0 unspecified atom stereocenters. The Kier molecular flexibility index (Phi) is 10.3. The number of hydrogen-bond acceptors (Lipinski definition) is 0. The summed E-state index contributed by atoms with van der Waals surface area (Å²) in [5.74, 6) is 2.62. The normalized spacial score (nSPS) is 10.9. The molecule has 0 aliphatic heterocycles. The number of aryl methyl sites for hydroxylation is 1. The third kappa shape index (κ3) is 9.14. The zero-order chi connectivity index (χ0) is 15.2. The van der Waals surface area contributed by atoms with Gasteiger partial charge >= 0.3 is 0 Å². The number of allylic oxidation sites excluding steroid dienone is 1. The first-order valence-corrected chi connectivity index (χ1v) is 8.55. The van der Waals surface area contributed by atoms with Gasteiger partial charge in [0.2, 0.25) is 0 Å². The molecule has 1 rings (SSSR count). The van der Waals surface area contributed by atoms with Crippen molar-refractivity contribution in [3.63, 3.8) is 0 Å². The topological polar surface area (TPSA) is 0 Å². The number of hydrogen-bond donors (Lipinski definition) is 0. The summed E-state index contributed by atoms with van der Waals surface area (Å²) in [5, 5.41) is 0. The van der Waals surface area contributed by atoms with Gasteiger partial charge in [-0.3, -0.25) is 0 Å². The molecule has 114 valence electrons. The largest absolute Gasteiger partial charge is 0.120 e. The van der Waals surface area contributed by atoms with E-state index in [2.05, 4.69) is 43.2 Å². The number of terminal acetylenes is 1. The Hall–Kier alpha value is -1.48. The Morgan fingerprint density at radius 1 is 0.905 bits per heavy atom. The van der Waals surface area contributed by atoms with Crippen molar-refractivity contribution in [3.8, 4) is 12.3 Å². The maximum Gasteiger partial charge on any atom is 0.0270 e. The lowest BCUT2D eigenvalue weighted by Crippen LogP contribution is -1.87. The summed E-state index contributed by atoms with van der Waals surface area (Å²) in [6.07, 6.45) is 22.4. The van der Waals surface area contributed by atoms with Crippen LogP contribution in [-0.2, 0) is 6.42 Å². The molecule has 0 heterocycles. The fourth-order valence-electron chi connectivity index (χ4n) is 2.52. The van der Waals surface area contributed by atoms with Gasteiger partial charge in [0.25, 0.3) is 0 Å². The van der Waals surface area contributed by atoms with E-state index in [-0.39, 0.29) is 0 Å². The second-order valence-corrected chi connectivity index (χ2v) is 5.78. The van der Waals surface area contributed by atoms with Crippen LogP contribution in [0.5, 0.6) is 0 Å². The highest BCUT2D eigenvalue weighted by Gasteiger charge is 1.95. The van der Waals surface area contributed by atoms with Crippen molar-refractivity contribution < 1.29 is 0 Å². The Morgan fingerprint density at radius 3 is 2.14 bits per heavy atom. The van der Waals surface area contributed by atoms with E-state index in [9.17, 15) is 0 Å². The van der Waals surface area contributed by atoms with Crippen LogP contribution in [0.4, 0.5) is 0 Å². The lowest BCUT2D eigenvalue weighted by molar-refractivity contribution is 0.575. The van der Waals surface area contributed by atoms with E-state index in [1.54, 1.807) is 0 Å². The van der Waals surface area contributed by atoms with Crippen molar-refractivity contribution in [2.24, 2.45) is 0 Å². The summed E-state index contributed by atoms with van der Waals surface area (Å²) >= 11 is 0. The first kappa shape index (κ1) is 17.6. The predicted molar refractivity (Wildman–Crippen MR) is 95.2 cm³/mol. The Morgan fingerprint density at radius 2 is 1.52 bits per heavy atom. The van der Waals surface area contributed by atoms with Crippen LogP contribution in [-0.4, -0.2) is 0 Å². The van der Waals surface area contributed by atoms with Crippen LogP contribution in [0.1, 0.15) is 75.8 Å². The molecule has 0 saturated heterocycles. The summed E-state index contributed by atoms with van der Waals surface area (Å²) in [7, 11) is 0. The summed E-state index contributed by atoms with van der Waals surface area (Å²) < 4.78 is 0. The van der Waals surface area contributed by atoms with Crippen molar-refractivity contribution in [1.29, 1.82) is 0 Å². The van der Waals surface area contributed by atoms with E-state index in [1.165, 1.54) is 68.9 Å². The average Bonchev–Trinajstić information content (AvgIpc) is 2.52. The molecular weight excluding hydrogens is 252 g/mol. The van der Waals surface area contributed by atoms with E-state index < -0.39 is 0 Å². The first-order valence-electron chi connectivity index (χ1n) is 8.55. The van der Waals surface area contributed by atoms with E-state index in [0.717, 1.165) is 0 Å². The van der Waals surface area contributed by atoms with Gasteiger partial charge in [0, 0.05) is 6.42 Å². The molecule has 0 aromatic heterocycles. The second kappa shape index (κ2) is 12.3. The Bertz CT molecular complexity index is 416. The molecule has 0 bridgehead atoms. The monoisotopic (exact) mass is 282 g/mol. The molecule has 0 aliphatic carbocycles. The van der Waals surface area contributed by atoms with Crippen LogP contribution < -0.4 is 0 Å². The molecule has 1 aromatic rings. The van der Waals surface area contributed by atoms with Crippen LogP contribution in [0, 0.1) is 12.3 Å². The van der Waals surface area contributed by atoms with Gasteiger partial charge < -0.3 is 0 Å². The molecule has 0 saturated carbocycles. The minimum absolute atomic E-state index is 0.708. The standard InChI is InChI=1S/C21H30/c1-3-5-7-8-9-10-11-13-15-21-18-16-20(17-19-21)14-12-6-4-2/h2,12,14,16-19H,3,5-11,13,15H2,1H3/b14-12+. The number of benzene rings is 1. The van der Waals surface area contributed by atoms with Crippen LogP contribution >= 0.6 is 0 Å². The lowest BCUT2D eigenvalue weighted by Gasteiger charge is -2.03. The van der Waals surface area contributed by atoms with Gasteiger partial charge in [-0.1, -0.05) is 88.3 Å². The predicted octanol–water partition coefficient (Wildman–Crippen LogP) is 6.41. The Balaban J connectivity index is 2.11. The number of rotatable bonds is 11. The Labute approximate surface area is 131 Å². The van der Waals surface area contributed by atoms with Gasteiger partial charge in [0.1, 0.15) is 0 Å². The van der Waals surface area contributed by atoms with Gasteiger partial charge in [-0.15, -0.1) is 12.3 Å². The van der Waals surface area contributed by atoms with Gasteiger partial charge in [-0.25, -0.2) is 0 Å². The van der Waals surface area contributed by atoms with Crippen molar-refractivity contribution in [2.75, 3.05) is 0 Å². The van der Waals surface area contributed by atoms with Crippen molar-refractivity contribution in [1.82, 2.24) is 0 Å². The molecule has 21 heavy (non-hydrogen) atoms. The van der Waals surface area contributed by atoms with Crippen LogP contribution in [0.15, 0.2) is 30.3 Å². The highest BCUT2D eigenvalue weighted by molar-refractivity contribution is 5.50. The summed E-state index contributed by atoms with van der Waals surface area (Å²) in [5.41, 5.74) is 2.69. The average molecular weight is 282 g/mol. The van der Waals surface area contributed by atoms with Gasteiger partial charge in [0.15, 0.2) is 0 Å². The van der Waals surface area contributed by atoms with Crippen molar-refractivity contribution in [3.05, 3.63) is 41.5 Å². The van der Waals surface area contributed by atoms with Crippen LogP contribution in [0.3, 0.4) is 0 Å². The molecule has 0 radical (unpaired) electrons. The minimum Gasteiger partial charge on any atom is -0.120 e. The number of unbranched alkanes of at least 4 members (excludes halogenated alkanes) is 7. The maximum absolute atomic E-state index is 5.23. The van der Waals surface area contributed by atoms with Crippen molar-refractivity contribution in [2.45, 2.75) is 71.1 Å². The van der Waals surface area contributed by atoms with Crippen LogP contribution in [0.2, 0.25) is 0 Å². The third-order valence-corrected chi connectivity index (χ3v) is 3.84. The first-order chi connectivity index (χ1) is 10.4. The molecule has 0 atom stereocenters. The van der Waals surface area contributed by atoms with Gasteiger partial charge in [-0.2, -0.15) is 0 Å². The third-order valence-electron chi connectivity index (χ3n) is 3.84. The molecule has 0 fully saturated rings. The maximum atomic E-state index is 5.23. The van der Waals surface area contributed by atoms with Gasteiger partial charge in [0.05, 0.1) is 0 Å². The molecule has 0 nitrogen and oxygen atoms in total. The molecule has 0 N–H and O–H groups in total. The molecule has 1 aromatic carbocycles. The lowest BCUT2D eigenvalue weighted by atomic mass is 10.0. The molecule has 0 heteroatoms. The van der Waals surface area contributed by atoms with E-state index in [1.807, 2.05) is 6.08 Å². The van der Waals surface area contributed by atoms with E-state index >= 15 is 0 Å². The fourth-order valence-corrected chi connectivity index (χ4v) is 2.52. The molecule has 0 aliphatic rings. The summed E-state index contributed by atoms with van der Waals surface area (Å²) in [6, 6.07) is 8.87. The van der Waals surface area contributed by atoms with E-state index in [4.69, 9.17) is 6.42 Å². The van der Waals surface area contributed by atoms with Crippen molar-refractivity contribution >= 4 is 6.08 Å². The summed E-state index contributed by atoms with van der Waals surface area (Å²) in [6.45, 7) is 2.27. The molecule has 0 spiro atoms. The minimum atomic E-state index is 0.708. The SMILES string of the molecule is C#CC/C=C/c1ccc(CCCCCCCCCC)cc1.